The molecule has 44 heavy (non-hydrogen) atoms. The van der Waals surface area contributed by atoms with Crippen molar-refractivity contribution in [1.29, 1.82) is 0 Å². The molecule has 3 aromatic rings. The zero-order chi connectivity index (χ0) is 31.6. The Labute approximate surface area is 255 Å². The molecule has 2 aromatic carbocycles. The summed E-state index contributed by atoms with van der Waals surface area (Å²) in [6.45, 7) is 4.29. The van der Waals surface area contributed by atoms with Gasteiger partial charge in [0.1, 0.15) is 23.8 Å². The monoisotopic (exact) mass is 602 g/mol. The first-order valence-electron chi connectivity index (χ1n) is 14.7. The quantitative estimate of drug-likeness (QED) is 0.214. The van der Waals surface area contributed by atoms with Crippen LogP contribution in [-0.4, -0.2) is 71.3 Å². The van der Waals surface area contributed by atoms with E-state index >= 15 is 0 Å². The molecular weight excluding hydrogens is 564 g/mol. The standard InChI is InChI=1S/C32H38N6O6/c1-19(2)15-24(29(40)38-26(32(43)44-3)17-22-11-12-35-28(22)39)36-30(41)25(37-31(42)27-18-33-13-14-34-27)16-21-9-6-8-20-7-4-5-10-23(20)21/h4-10,13-14,18-19,22,24-26H,11-12,15-17H2,1-3H3,(H,35,39)(H,36,41)(H,37,42)(H,38,40)/t22-,24-,25-,26-/m0/s1. The van der Waals surface area contributed by atoms with Gasteiger partial charge < -0.3 is 26.0 Å². The molecule has 1 saturated heterocycles. The molecule has 0 unspecified atom stereocenters. The van der Waals surface area contributed by atoms with E-state index in [9.17, 15) is 24.0 Å². The van der Waals surface area contributed by atoms with Crippen LogP contribution in [0.25, 0.3) is 10.8 Å². The van der Waals surface area contributed by atoms with Crippen LogP contribution in [0, 0.1) is 11.8 Å². The number of benzene rings is 2. The molecule has 12 heteroatoms. The number of amides is 4. The number of nitrogens with zero attached hydrogens (tertiary/aromatic N) is 2. The average molecular weight is 603 g/mol. The molecule has 4 rings (SSSR count). The van der Waals surface area contributed by atoms with E-state index in [1.165, 1.54) is 25.7 Å². The Morgan fingerprint density at radius 3 is 2.36 bits per heavy atom. The minimum absolute atomic E-state index is 0.00561. The lowest BCUT2D eigenvalue weighted by molar-refractivity contribution is -0.146. The van der Waals surface area contributed by atoms with Crippen LogP contribution >= 0.6 is 0 Å². The van der Waals surface area contributed by atoms with Gasteiger partial charge in [0.15, 0.2) is 0 Å². The summed E-state index contributed by atoms with van der Waals surface area (Å²) < 4.78 is 4.90. The molecule has 4 amide bonds. The molecule has 4 N–H and O–H groups in total. The molecule has 1 aromatic heterocycles. The minimum atomic E-state index is -1.07. The van der Waals surface area contributed by atoms with E-state index < -0.39 is 47.7 Å². The Bertz CT molecular complexity index is 1490. The SMILES string of the molecule is COC(=O)[C@H](C[C@@H]1CCNC1=O)NC(=O)[C@H](CC(C)C)NC(=O)[C@H](Cc1cccc2ccccc12)NC(=O)c1cnccn1. The maximum atomic E-state index is 13.9. The molecule has 2 heterocycles. The fourth-order valence-electron chi connectivity index (χ4n) is 5.31. The Morgan fingerprint density at radius 1 is 0.955 bits per heavy atom. The number of carbonyl (C=O) groups excluding carboxylic acids is 5. The van der Waals surface area contributed by atoms with Crippen molar-refractivity contribution in [2.24, 2.45) is 11.8 Å². The first kappa shape index (κ1) is 32.1. The van der Waals surface area contributed by atoms with Crippen molar-refractivity contribution in [1.82, 2.24) is 31.2 Å². The summed E-state index contributed by atoms with van der Waals surface area (Å²) in [4.78, 5) is 73.2. The average Bonchev–Trinajstić information content (AvgIpc) is 3.43. The Morgan fingerprint density at radius 2 is 1.68 bits per heavy atom. The van der Waals surface area contributed by atoms with Crippen molar-refractivity contribution in [3.63, 3.8) is 0 Å². The van der Waals surface area contributed by atoms with E-state index in [4.69, 9.17) is 4.74 Å². The number of hydrogen-bond donors (Lipinski definition) is 4. The van der Waals surface area contributed by atoms with Gasteiger partial charge >= 0.3 is 5.97 Å². The van der Waals surface area contributed by atoms with Crippen LogP contribution in [-0.2, 0) is 30.3 Å². The Hall–Kier alpha value is -4.87. The maximum Gasteiger partial charge on any atom is 0.328 e. The summed E-state index contributed by atoms with van der Waals surface area (Å²) in [6.07, 6.45) is 5.12. The number of aromatic nitrogens is 2. The third-order valence-electron chi connectivity index (χ3n) is 7.55. The normalized spacial score (nSPS) is 16.5. The van der Waals surface area contributed by atoms with E-state index in [1.54, 1.807) is 0 Å². The summed E-state index contributed by atoms with van der Waals surface area (Å²) >= 11 is 0. The van der Waals surface area contributed by atoms with Gasteiger partial charge in [0.05, 0.1) is 13.3 Å². The smallest absolute Gasteiger partial charge is 0.328 e. The number of fused-ring (bicyclic) bond motifs is 1. The molecule has 0 bridgehead atoms. The van der Waals surface area contributed by atoms with Gasteiger partial charge in [-0.05, 0) is 41.5 Å². The molecular formula is C32H38N6O6. The molecule has 232 valence electrons. The van der Waals surface area contributed by atoms with Gasteiger partial charge in [-0.15, -0.1) is 0 Å². The summed E-state index contributed by atoms with van der Waals surface area (Å²) in [5, 5.41) is 12.9. The largest absolute Gasteiger partial charge is 0.467 e. The first-order chi connectivity index (χ1) is 21.2. The van der Waals surface area contributed by atoms with E-state index in [1.807, 2.05) is 56.3 Å². The van der Waals surface area contributed by atoms with Gasteiger partial charge in [-0.25, -0.2) is 9.78 Å². The van der Waals surface area contributed by atoms with Gasteiger partial charge in [0, 0.05) is 31.3 Å². The second kappa shape index (κ2) is 15.0. The van der Waals surface area contributed by atoms with E-state index in [0.717, 1.165) is 16.3 Å². The zero-order valence-electron chi connectivity index (χ0n) is 25.0. The molecule has 0 radical (unpaired) electrons. The van der Waals surface area contributed by atoms with Crippen molar-refractivity contribution < 1.29 is 28.7 Å². The molecule has 0 saturated carbocycles. The van der Waals surface area contributed by atoms with E-state index in [2.05, 4.69) is 31.2 Å². The highest BCUT2D eigenvalue weighted by Crippen LogP contribution is 2.21. The van der Waals surface area contributed by atoms with E-state index in [-0.39, 0.29) is 36.8 Å². The number of carbonyl (C=O) groups is 5. The van der Waals surface area contributed by atoms with Crippen LogP contribution in [0.2, 0.25) is 0 Å². The molecule has 1 fully saturated rings. The molecule has 0 spiro atoms. The molecule has 0 aliphatic carbocycles. The number of hydrogen-bond acceptors (Lipinski definition) is 8. The molecule has 1 aliphatic heterocycles. The predicted octanol–water partition coefficient (Wildman–Crippen LogP) is 1.69. The van der Waals surface area contributed by atoms with Gasteiger partial charge in [0.2, 0.25) is 17.7 Å². The number of methoxy groups -OCH3 is 1. The van der Waals surface area contributed by atoms with Crippen molar-refractivity contribution >= 4 is 40.4 Å². The maximum absolute atomic E-state index is 13.9. The highest BCUT2D eigenvalue weighted by molar-refractivity contribution is 5.98. The van der Waals surface area contributed by atoms with Gasteiger partial charge in [-0.1, -0.05) is 56.3 Å². The lowest BCUT2D eigenvalue weighted by Gasteiger charge is -2.26. The predicted molar refractivity (Wildman–Crippen MR) is 162 cm³/mol. The van der Waals surface area contributed by atoms with Crippen LogP contribution < -0.4 is 21.3 Å². The second-order valence-corrected chi connectivity index (χ2v) is 11.2. The minimum Gasteiger partial charge on any atom is -0.467 e. The van der Waals surface area contributed by atoms with Crippen LogP contribution in [0.5, 0.6) is 0 Å². The molecule has 1 aliphatic rings. The highest BCUT2D eigenvalue weighted by Gasteiger charge is 2.35. The fraction of sp³-hybridized carbons (Fsp3) is 0.406. The molecule has 4 atom stereocenters. The van der Waals surface area contributed by atoms with Gasteiger partial charge in [0.25, 0.3) is 5.91 Å². The van der Waals surface area contributed by atoms with Gasteiger partial charge in [-0.2, -0.15) is 0 Å². The Kier molecular flexibility index (Phi) is 11.0. The number of nitrogens with one attached hydrogen (secondary N) is 4. The third-order valence-corrected chi connectivity index (χ3v) is 7.55. The first-order valence-corrected chi connectivity index (χ1v) is 14.7. The molecule has 12 nitrogen and oxygen atoms in total. The summed E-state index contributed by atoms with van der Waals surface area (Å²) in [7, 11) is 1.21. The number of ether oxygens (including phenoxy) is 1. The summed E-state index contributed by atoms with van der Waals surface area (Å²) in [5.41, 5.74) is 0.865. The fourth-order valence-corrected chi connectivity index (χ4v) is 5.31. The number of esters is 1. The van der Waals surface area contributed by atoms with Crippen LogP contribution in [0.15, 0.2) is 61.1 Å². The lowest BCUT2D eigenvalue weighted by Crippen LogP contribution is -2.57. The van der Waals surface area contributed by atoms with Crippen molar-refractivity contribution in [2.45, 2.75) is 57.7 Å². The zero-order valence-corrected chi connectivity index (χ0v) is 25.0. The van der Waals surface area contributed by atoms with Crippen LogP contribution in [0.3, 0.4) is 0 Å². The van der Waals surface area contributed by atoms with Crippen LogP contribution in [0.1, 0.15) is 49.2 Å². The topological polar surface area (TPSA) is 168 Å². The number of rotatable bonds is 13. The second-order valence-electron chi connectivity index (χ2n) is 11.2. The van der Waals surface area contributed by atoms with Crippen molar-refractivity contribution in [3.05, 3.63) is 72.3 Å². The van der Waals surface area contributed by atoms with E-state index in [0.29, 0.717) is 13.0 Å². The van der Waals surface area contributed by atoms with Crippen molar-refractivity contribution in [2.75, 3.05) is 13.7 Å². The van der Waals surface area contributed by atoms with Crippen LogP contribution in [0.4, 0.5) is 0 Å². The highest BCUT2D eigenvalue weighted by atomic mass is 16.5. The summed E-state index contributed by atoms with van der Waals surface area (Å²) in [6, 6.07) is 10.3. The van der Waals surface area contributed by atoms with Crippen molar-refractivity contribution in [3.8, 4) is 0 Å². The Balaban J connectivity index is 1.57. The summed E-state index contributed by atoms with van der Waals surface area (Å²) in [5.74, 6) is -3.09. The third kappa shape index (κ3) is 8.36. The lowest BCUT2D eigenvalue weighted by atomic mass is 9.96. The van der Waals surface area contributed by atoms with Gasteiger partial charge in [-0.3, -0.25) is 24.2 Å².